The van der Waals surface area contributed by atoms with Crippen molar-refractivity contribution in [3.63, 3.8) is 0 Å². The van der Waals surface area contributed by atoms with E-state index in [4.69, 9.17) is 0 Å². The maximum absolute atomic E-state index is 10.6. The molecule has 1 N–H and O–H groups in total. The first-order valence-electron chi connectivity index (χ1n) is 6.20. The van der Waals surface area contributed by atoms with E-state index in [-0.39, 0.29) is 0 Å². The van der Waals surface area contributed by atoms with E-state index in [2.05, 4.69) is 24.3 Å². The van der Waals surface area contributed by atoms with Crippen LogP contribution in [0.1, 0.15) is 38.2 Å². The first-order valence-corrected chi connectivity index (χ1v) is 6.20. The van der Waals surface area contributed by atoms with Gasteiger partial charge in [0.25, 0.3) is 0 Å². The highest BCUT2D eigenvalue weighted by molar-refractivity contribution is 5.77. The zero-order valence-electron chi connectivity index (χ0n) is 9.74. The molecule has 0 spiro atoms. The van der Waals surface area contributed by atoms with Crippen LogP contribution in [0.3, 0.4) is 0 Å². The highest BCUT2D eigenvalue weighted by atomic mass is 16.3. The van der Waals surface area contributed by atoms with Gasteiger partial charge in [-0.25, -0.2) is 0 Å². The van der Waals surface area contributed by atoms with Crippen LogP contribution in [0.2, 0.25) is 0 Å². The lowest BCUT2D eigenvalue weighted by Gasteiger charge is -2.23. The number of benzene rings is 1. The molecule has 0 saturated heterocycles. The lowest BCUT2D eigenvalue weighted by Crippen LogP contribution is -2.23. The van der Waals surface area contributed by atoms with Crippen LogP contribution in [-0.4, -0.2) is 10.7 Å². The third-order valence-electron chi connectivity index (χ3n) is 4.06. The fourth-order valence-electron chi connectivity index (χ4n) is 3.50. The van der Waals surface area contributed by atoms with E-state index in [1.807, 2.05) is 13.0 Å². The van der Waals surface area contributed by atoms with Crippen molar-refractivity contribution in [2.24, 2.45) is 5.92 Å². The molecule has 1 aromatic rings. The van der Waals surface area contributed by atoms with Crippen molar-refractivity contribution < 1.29 is 5.11 Å². The van der Waals surface area contributed by atoms with E-state index in [0.717, 1.165) is 6.42 Å². The predicted octanol–water partition coefficient (Wildman–Crippen LogP) is 3.40. The summed E-state index contributed by atoms with van der Waals surface area (Å²) in [6, 6.07) is 10.4. The Morgan fingerprint density at radius 2 is 2.00 bits per heavy atom. The monoisotopic (exact) mass is 214 g/mol. The number of hydrogen-bond donors (Lipinski definition) is 1. The summed E-state index contributed by atoms with van der Waals surface area (Å²) in [4.78, 5) is 0. The van der Waals surface area contributed by atoms with Crippen molar-refractivity contribution in [1.29, 1.82) is 0 Å². The summed E-state index contributed by atoms with van der Waals surface area (Å²) in [5, 5.41) is 10.6. The minimum absolute atomic E-state index is 0.609. The van der Waals surface area contributed by atoms with Crippen molar-refractivity contribution in [2.45, 2.75) is 38.2 Å². The average molecular weight is 214 g/mol. The highest BCUT2D eigenvalue weighted by Gasteiger charge is 2.42. The molecule has 0 amide bonds. The van der Waals surface area contributed by atoms with E-state index in [9.17, 15) is 5.11 Å². The highest BCUT2D eigenvalue weighted by Crippen LogP contribution is 2.51. The molecule has 0 aromatic heterocycles. The summed E-state index contributed by atoms with van der Waals surface area (Å²) in [7, 11) is 0. The molecule has 0 radical (unpaired) electrons. The van der Waals surface area contributed by atoms with Gasteiger partial charge in [-0.3, -0.25) is 0 Å². The van der Waals surface area contributed by atoms with Gasteiger partial charge in [0.15, 0.2) is 0 Å². The van der Waals surface area contributed by atoms with Crippen LogP contribution >= 0.6 is 0 Å². The Bertz CT molecular complexity index is 428. The minimum atomic E-state index is -0.609. The van der Waals surface area contributed by atoms with Gasteiger partial charge in [-0.05, 0) is 49.7 Å². The Hall–Kier alpha value is -1.08. The molecule has 2 atom stereocenters. The molecule has 1 saturated carbocycles. The van der Waals surface area contributed by atoms with Gasteiger partial charge < -0.3 is 5.11 Å². The minimum Gasteiger partial charge on any atom is -0.385 e. The molecule has 3 rings (SSSR count). The average Bonchev–Trinajstić information content (AvgIpc) is 2.75. The van der Waals surface area contributed by atoms with Crippen LogP contribution in [0.4, 0.5) is 0 Å². The van der Waals surface area contributed by atoms with Gasteiger partial charge >= 0.3 is 0 Å². The van der Waals surface area contributed by atoms with Crippen molar-refractivity contribution in [3.8, 4) is 0 Å². The maximum atomic E-state index is 10.6. The van der Waals surface area contributed by atoms with Gasteiger partial charge in [-0.15, -0.1) is 0 Å². The van der Waals surface area contributed by atoms with E-state index in [0.29, 0.717) is 5.92 Å². The summed E-state index contributed by atoms with van der Waals surface area (Å²) in [6.07, 6.45) is 4.67. The summed E-state index contributed by atoms with van der Waals surface area (Å²) in [5.74, 6) is 0.644. The van der Waals surface area contributed by atoms with Crippen molar-refractivity contribution in [3.05, 3.63) is 41.5 Å². The number of fused-ring (bicyclic) bond motifs is 1. The van der Waals surface area contributed by atoms with Crippen molar-refractivity contribution in [2.75, 3.05) is 0 Å². The number of hydrogen-bond acceptors (Lipinski definition) is 1. The molecular formula is C15H18O. The molecule has 1 fully saturated rings. The fourth-order valence-corrected chi connectivity index (χ4v) is 3.50. The quantitative estimate of drug-likeness (QED) is 0.759. The van der Waals surface area contributed by atoms with Crippen LogP contribution in [-0.2, 0) is 0 Å². The zero-order valence-corrected chi connectivity index (χ0v) is 9.74. The molecule has 1 aromatic carbocycles. The van der Waals surface area contributed by atoms with E-state index in [1.54, 1.807) is 0 Å². The first-order chi connectivity index (χ1) is 7.68. The van der Waals surface area contributed by atoms with Crippen molar-refractivity contribution in [1.82, 2.24) is 0 Å². The number of aliphatic hydroxyl groups is 1. The molecule has 2 aliphatic carbocycles. The molecule has 0 aliphatic heterocycles. The Balaban J connectivity index is 2.13. The Morgan fingerprint density at radius 3 is 2.75 bits per heavy atom. The van der Waals surface area contributed by atoms with E-state index >= 15 is 0 Å². The summed E-state index contributed by atoms with van der Waals surface area (Å²) in [5.41, 5.74) is 3.35. The zero-order chi connectivity index (χ0) is 11.2. The summed E-state index contributed by atoms with van der Waals surface area (Å²) in [6.45, 7) is 1.97. The SMILES string of the molecule is C[C@@]1(O)C[C@H]2CCCC2=C1c1ccccc1. The fraction of sp³-hybridized carbons (Fsp3) is 0.467. The van der Waals surface area contributed by atoms with Crippen LogP contribution in [0.15, 0.2) is 35.9 Å². The molecule has 0 bridgehead atoms. The maximum Gasteiger partial charge on any atom is 0.0879 e. The van der Waals surface area contributed by atoms with Crippen LogP contribution in [0.5, 0.6) is 0 Å². The predicted molar refractivity (Wildman–Crippen MR) is 65.9 cm³/mol. The second-order valence-corrected chi connectivity index (χ2v) is 5.33. The van der Waals surface area contributed by atoms with Gasteiger partial charge in [0, 0.05) is 0 Å². The number of rotatable bonds is 1. The van der Waals surface area contributed by atoms with Gasteiger partial charge in [-0.2, -0.15) is 0 Å². The number of allylic oxidation sites excluding steroid dienone is 1. The largest absolute Gasteiger partial charge is 0.385 e. The Morgan fingerprint density at radius 1 is 1.25 bits per heavy atom. The lowest BCUT2D eigenvalue weighted by atomic mass is 9.90. The topological polar surface area (TPSA) is 20.2 Å². The van der Waals surface area contributed by atoms with E-state index in [1.165, 1.54) is 36.0 Å². The Labute approximate surface area is 96.8 Å². The first kappa shape index (κ1) is 10.1. The van der Waals surface area contributed by atoms with Crippen LogP contribution < -0.4 is 0 Å². The van der Waals surface area contributed by atoms with Gasteiger partial charge in [0.1, 0.15) is 0 Å². The molecule has 1 nitrogen and oxygen atoms in total. The third-order valence-corrected chi connectivity index (χ3v) is 4.06. The molecule has 16 heavy (non-hydrogen) atoms. The van der Waals surface area contributed by atoms with Crippen LogP contribution in [0, 0.1) is 5.92 Å². The normalized spacial score (nSPS) is 33.2. The second-order valence-electron chi connectivity index (χ2n) is 5.33. The summed E-state index contributed by atoms with van der Waals surface area (Å²) >= 11 is 0. The molecule has 0 heterocycles. The smallest absolute Gasteiger partial charge is 0.0879 e. The Kier molecular flexibility index (Phi) is 2.18. The van der Waals surface area contributed by atoms with Crippen LogP contribution in [0.25, 0.3) is 5.57 Å². The van der Waals surface area contributed by atoms with E-state index < -0.39 is 5.60 Å². The molecule has 84 valence electrons. The standard InChI is InChI=1S/C15H18O/c1-15(16)10-12-8-5-9-13(12)14(15)11-6-3-2-4-7-11/h2-4,6-7,12,16H,5,8-10H2,1H3/t12-,15-/m1/s1. The van der Waals surface area contributed by atoms with Gasteiger partial charge in [-0.1, -0.05) is 35.9 Å². The van der Waals surface area contributed by atoms with Crippen molar-refractivity contribution >= 4 is 5.57 Å². The van der Waals surface area contributed by atoms with Gasteiger partial charge in [0.05, 0.1) is 5.60 Å². The summed E-state index contributed by atoms with van der Waals surface area (Å²) < 4.78 is 0. The lowest BCUT2D eigenvalue weighted by molar-refractivity contribution is 0.110. The van der Waals surface area contributed by atoms with Gasteiger partial charge in [0.2, 0.25) is 0 Å². The molecule has 0 unspecified atom stereocenters. The molecular weight excluding hydrogens is 196 g/mol. The third kappa shape index (κ3) is 1.42. The molecule has 2 aliphatic rings. The second kappa shape index (κ2) is 3.46. The molecule has 1 heteroatoms.